The topological polar surface area (TPSA) is 95.6 Å². The van der Waals surface area contributed by atoms with Crippen molar-refractivity contribution in [1.29, 1.82) is 0 Å². The smallest absolute Gasteiger partial charge is 0.271 e. The molecular weight excluding hydrogens is 440 g/mol. The fraction of sp³-hybridized carbons (Fsp3) is 0.238. The third-order valence-corrected chi connectivity index (χ3v) is 7.30. The molecule has 0 spiro atoms. The Morgan fingerprint density at radius 3 is 2.45 bits per heavy atom. The Morgan fingerprint density at radius 2 is 1.77 bits per heavy atom. The highest BCUT2D eigenvalue weighted by atomic mass is 35.5. The van der Waals surface area contributed by atoms with Gasteiger partial charge < -0.3 is 9.64 Å². The van der Waals surface area contributed by atoms with Crippen LogP contribution in [0.5, 0.6) is 5.75 Å². The minimum absolute atomic E-state index is 0.0170. The first kappa shape index (κ1) is 21.4. The summed E-state index contributed by atoms with van der Waals surface area (Å²) < 4.78 is 32.7. The molecule has 1 saturated heterocycles. The monoisotopic (exact) mass is 460 g/mol. The molecule has 2 heterocycles. The summed E-state index contributed by atoms with van der Waals surface area (Å²) >= 11 is 6.00. The molecule has 1 N–H and O–H groups in total. The van der Waals surface area contributed by atoms with Gasteiger partial charge in [0.25, 0.3) is 5.91 Å². The summed E-state index contributed by atoms with van der Waals surface area (Å²) in [5.41, 5.74) is 1.95. The van der Waals surface area contributed by atoms with E-state index in [4.69, 9.17) is 16.3 Å². The fourth-order valence-electron chi connectivity index (χ4n) is 3.48. The van der Waals surface area contributed by atoms with Crippen molar-refractivity contribution in [1.82, 2.24) is 19.4 Å². The summed E-state index contributed by atoms with van der Waals surface area (Å²) in [5, 5.41) is 7.31. The molecule has 2 aromatic carbocycles. The van der Waals surface area contributed by atoms with E-state index in [9.17, 15) is 13.2 Å². The Labute approximate surface area is 185 Å². The number of piperazine rings is 1. The zero-order valence-corrected chi connectivity index (χ0v) is 18.4. The van der Waals surface area contributed by atoms with Crippen LogP contribution >= 0.6 is 11.6 Å². The molecule has 1 fully saturated rings. The summed E-state index contributed by atoms with van der Waals surface area (Å²) in [4.78, 5) is 14.5. The Morgan fingerprint density at radius 1 is 1.06 bits per heavy atom. The molecule has 10 heteroatoms. The number of carbonyl (C=O) groups excluding carboxylic acids is 1. The van der Waals surface area contributed by atoms with E-state index in [1.54, 1.807) is 17.0 Å². The van der Waals surface area contributed by atoms with Crippen molar-refractivity contribution >= 4 is 27.5 Å². The van der Waals surface area contributed by atoms with Gasteiger partial charge in [-0.1, -0.05) is 41.9 Å². The number of carbonyl (C=O) groups is 1. The predicted molar refractivity (Wildman–Crippen MR) is 117 cm³/mol. The quantitative estimate of drug-likeness (QED) is 0.631. The molecule has 0 radical (unpaired) electrons. The van der Waals surface area contributed by atoms with Gasteiger partial charge in [0.15, 0.2) is 0 Å². The van der Waals surface area contributed by atoms with Crippen LogP contribution in [0.2, 0.25) is 5.02 Å². The molecule has 3 aromatic rings. The van der Waals surface area contributed by atoms with E-state index >= 15 is 0 Å². The second-order valence-corrected chi connectivity index (χ2v) is 9.37. The third kappa shape index (κ3) is 4.30. The Hall–Kier alpha value is -2.88. The van der Waals surface area contributed by atoms with Gasteiger partial charge in [0.1, 0.15) is 16.3 Å². The zero-order chi connectivity index (χ0) is 22.0. The number of nitrogens with one attached hydrogen (secondary N) is 1. The number of hydrogen-bond acceptors (Lipinski definition) is 5. The lowest BCUT2D eigenvalue weighted by molar-refractivity contribution is 0.0692. The van der Waals surface area contributed by atoms with Gasteiger partial charge in [-0.2, -0.15) is 9.40 Å². The lowest BCUT2D eigenvalue weighted by atomic mass is 10.1. The van der Waals surface area contributed by atoms with Crippen molar-refractivity contribution in [2.24, 2.45) is 0 Å². The second-order valence-electron chi connectivity index (χ2n) is 7.02. The normalized spacial score (nSPS) is 15.1. The number of halogens is 1. The average molecular weight is 461 g/mol. The van der Waals surface area contributed by atoms with Crippen molar-refractivity contribution in [2.45, 2.75) is 4.90 Å². The molecule has 0 saturated carbocycles. The van der Waals surface area contributed by atoms with Crippen molar-refractivity contribution < 1.29 is 17.9 Å². The van der Waals surface area contributed by atoms with Gasteiger partial charge >= 0.3 is 0 Å². The number of methoxy groups -OCH3 is 1. The maximum atomic E-state index is 13.1. The minimum atomic E-state index is -3.81. The number of hydrogen-bond donors (Lipinski definition) is 1. The molecule has 0 unspecified atom stereocenters. The first-order valence-electron chi connectivity index (χ1n) is 9.64. The van der Waals surface area contributed by atoms with Crippen LogP contribution in [0, 0.1) is 0 Å². The molecule has 31 heavy (non-hydrogen) atoms. The number of amides is 1. The summed E-state index contributed by atoms with van der Waals surface area (Å²) in [6.45, 7) is 0.869. The maximum Gasteiger partial charge on any atom is 0.271 e. The summed E-state index contributed by atoms with van der Waals surface area (Å²) in [6, 6.07) is 15.7. The average Bonchev–Trinajstić information content (AvgIpc) is 3.29. The number of aromatic amines is 1. The van der Waals surface area contributed by atoms with Crippen molar-refractivity contribution in [3.8, 4) is 17.0 Å². The lowest BCUT2D eigenvalue weighted by Gasteiger charge is -2.34. The lowest BCUT2D eigenvalue weighted by Crippen LogP contribution is -2.50. The Bertz CT molecular complexity index is 1190. The first-order chi connectivity index (χ1) is 14.9. The molecular formula is C21H21ClN4O4S. The standard InChI is InChI=1S/C21H21ClN4O4S/c1-30-19-8-7-16(22)13-20(19)31(28,29)26-11-9-25(10-12-26)21(27)18-14-17(23-24-18)15-5-3-2-4-6-15/h2-8,13-14H,9-12H2,1H3,(H,23,24). The maximum absolute atomic E-state index is 13.1. The molecule has 0 atom stereocenters. The van der Waals surface area contributed by atoms with Crippen LogP contribution in [-0.2, 0) is 10.0 Å². The van der Waals surface area contributed by atoms with Gasteiger partial charge in [-0.3, -0.25) is 9.89 Å². The number of rotatable bonds is 5. The molecule has 162 valence electrons. The molecule has 0 bridgehead atoms. The van der Waals surface area contributed by atoms with Crippen LogP contribution in [0.3, 0.4) is 0 Å². The molecule has 1 aliphatic rings. The van der Waals surface area contributed by atoms with Gasteiger partial charge in [0.2, 0.25) is 10.0 Å². The molecule has 1 aliphatic heterocycles. The van der Waals surface area contributed by atoms with Crippen molar-refractivity contribution in [3.05, 3.63) is 65.3 Å². The fourth-order valence-corrected chi connectivity index (χ4v) is 5.32. The van der Waals surface area contributed by atoms with E-state index in [1.165, 1.54) is 23.5 Å². The molecule has 0 aliphatic carbocycles. The first-order valence-corrected chi connectivity index (χ1v) is 11.5. The number of sulfonamides is 1. The van der Waals surface area contributed by atoms with Gasteiger partial charge in [0, 0.05) is 36.8 Å². The van der Waals surface area contributed by atoms with Crippen LogP contribution in [0.1, 0.15) is 10.5 Å². The van der Waals surface area contributed by atoms with Crippen LogP contribution in [0.15, 0.2) is 59.5 Å². The van der Waals surface area contributed by atoms with Gasteiger partial charge in [-0.15, -0.1) is 0 Å². The van der Waals surface area contributed by atoms with Crippen LogP contribution in [0.4, 0.5) is 0 Å². The second kappa shape index (κ2) is 8.70. The highest BCUT2D eigenvalue weighted by Gasteiger charge is 2.33. The summed E-state index contributed by atoms with van der Waals surface area (Å²) in [7, 11) is -2.40. The number of H-pyrrole nitrogens is 1. The summed E-state index contributed by atoms with van der Waals surface area (Å²) in [6.07, 6.45) is 0. The minimum Gasteiger partial charge on any atom is -0.495 e. The Balaban J connectivity index is 1.46. The van der Waals surface area contributed by atoms with Crippen LogP contribution in [-0.4, -0.2) is 67.0 Å². The van der Waals surface area contributed by atoms with Gasteiger partial charge in [0.05, 0.1) is 12.8 Å². The number of ether oxygens (including phenoxy) is 1. The van der Waals surface area contributed by atoms with Gasteiger partial charge in [-0.25, -0.2) is 8.42 Å². The Kier molecular flexibility index (Phi) is 5.99. The van der Waals surface area contributed by atoms with E-state index in [1.807, 2.05) is 30.3 Å². The largest absolute Gasteiger partial charge is 0.495 e. The van der Waals surface area contributed by atoms with E-state index in [-0.39, 0.29) is 42.7 Å². The predicted octanol–water partition coefficient (Wildman–Crippen LogP) is 2.89. The number of nitrogens with zero attached hydrogens (tertiary/aromatic N) is 3. The zero-order valence-electron chi connectivity index (χ0n) is 16.8. The summed E-state index contributed by atoms with van der Waals surface area (Å²) in [5.74, 6) is 0.0147. The SMILES string of the molecule is COc1ccc(Cl)cc1S(=O)(=O)N1CCN(C(=O)c2cc(-c3ccccc3)n[nH]2)CC1. The highest BCUT2D eigenvalue weighted by Crippen LogP contribution is 2.30. The number of aromatic nitrogens is 2. The van der Waals surface area contributed by atoms with Crippen LogP contribution < -0.4 is 4.74 Å². The third-order valence-electron chi connectivity index (χ3n) is 5.15. The highest BCUT2D eigenvalue weighted by molar-refractivity contribution is 7.89. The van der Waals surface area contributed by atoms with Crippen molar-refractivity contribution in [2.75, 3.05) is 33.3 Å². The van der Waals surface area contributed by atoms with E-state index in [0.29, 0.717) is 16.4 Å². The molecule has 1 aromatic heterocycles. The molecule has 4 rings (SSSR count). The van der Waals surface area contributed by atoms with E-state index < -0.39 is 10.0 Å². The van der Waals surface area contributed by atoms with E-state index in [2.05, 4.69) is 10.2 Å². The van der Waals surface area contributed by atoms with Gasteiger partial charge in [-0.05, 0) is 24.3 Å². The van der Waals surface area contributed by atoms with Crippen LogP contribution in [0.25, 0.3) is 11.3 Å². The molecule has 8 nitrogen and oxygen atoms in total. The van der Waals surface area contributed by atoms with Crippen molar-refractivity contribution in [3.63, 3.8) is 0 Å². The van der Waals surface area contributed by atoms with E-state index in [0.717, 1.165) is 5.56 Å². The molecule has 1 amide bonds. The number of benzene rings is 2.